The van der Waals surface area contributed by atoms with Gasteiger partial charge in [0.15, 0.2) is 5.70 Å². The molecule has 0 heterocycles. The number of anilines is 6. The van der Waals surface area contributed by atoms with Gasteiger partial charge in [0.1, 0.15) is 12.3 Å². The Bertz CT molecular complexity index is 1870. The van der Waals surface area contributed by atoms with Gasteiger partial charge < -0.3 is 14.6 Å². The average molecular weight is 619 g/mol. The SMILES string of the molecule is [C-]#[N+]C(/N=C/c1ccc(N(c2ccccc2)c2ccccc2)cc1)=C(C#N)/N=C/c1ccc(N(c2ccccc2)c2ccccc2)cc1. The number of allylic oxidation sites excluding steroid dienone is 1. The van der Waals surface area contributed by atoms with Gasteiger partial charge in [-0.25, -0.2) is 0 Å². The number of hydrogen-bond donors (Lipinski definition) is 0. The van der Waals surface area contributed by atoms with Crippen LogP contribution in [0.25, 0.3) is 4.85 Å². The Balaban J connectivity index is 1.20. The Labute approximate surface area is 281 Å². The summed E-state index contributed by atoms with van der Waals surface area (Å²) in [5.74, 6) is -0.0797. The number of benzene rings is 6. The molecule has 0 unspecified atom stereocenters. The highest BCUT2D eigenvalue weighted by atomic mass is 15.1. The second kappa shape index (κ2) is 15.3. The van der Waals surface area contributed by atoms with Crippen LogP contribution in [0, 0.1) is 17.9 Å². The molecular formula is C42H30N6. The number of nitriles is 1. The van der Waals surface area contributed by atoms with Gasteiger partial charge in [0.2, 0.25) is 0 Å². The monoisotopic (exact) mass is 618 g/mol. The highest BCUT2D eigenvalue weighted by molar-refractivity contribution is 5.85. The topological polar surface area (TPSA) is 59.4 Å². The lowest BCUT2D eigenvalue weighted by atomic mass is 10.1. The van der Waals surface area contributed by atoms with Gasteiger partial charge in [0, 0.05) is 45.9 Å². The number of rotatable bonds is 10. The normalized spacial score (nSPS) is 11.5. The summed E-state index contributed by atoms with van der Waals surface area (Å²) < 4.78 is 0. The molecule has 0 aliphatic heterocycles. The Morgan fingerprint density at radius 1 is 0.479 bits per heavy atom. The molecule has 0 spiro atoms. The van der Waals surface area contributed by atoms with E-state index in [1.165, 1.54) is 0 Å². The lowest BCUT2D eigenvalue weighted by Gasteiger charge is -2.25. The molecule has 0 aliphatic carbocycles. The molecule has 0 radical (unpaired) electrons. The fraction of sp³-hybridized carbons (Fsp3) is 0. The summed E-state index contributed by atoms with van der Waals surface area (Å²) in [6.45, 7) is 7.68. The molecule has 0 fully saturated rings. The number of aliphatic imine (C=N–C) groups is 2. The van der Waals surface area contributed by atoms with Crippen LogP contribution in [-0.4, -0.2) is 12.4 Å². The van der Waals surface area contributed by atoms with Crippen molar-refractivity contribution in [2.24, 2.45) is 9.98 Å². The van der Waals surface area contributed by atoms with E-state index in [1.807, 2.05) is 127 Å². The molecule has 0 aliphatic rings. The van der Waals surface area contributed by atoms with Crippen LogP contribution in [0.15, 0.2) is 191 Å². The molecule has 0 saturated carbocycles. The Morgan fingerprint density at radius 3 is 1.10 bits per heavy atom. The van der Waals surface area contributed by atoms with Gasteiger partial charge in [-0.05, 0) is 90.5 Å². The average Bonchev–Trinajstić information content (AvgIpc) is 3.16. The van der Waals surface area contributed by atoms with Crippen molar-refractivity contribution in [3.63, 3.8) is 0 Å². The lowest BCUT2D eigenvalue weighted by Crippen LogP contribution is -2.09. The van der Waals surface area contributed by atoms with Crippen LogP contribution in [0.2, 0.25) is 0 Å². The van der Waals surface area contributed by atoms with Gasteiger partial charge in [-0.3, -0.25) is 4.99 Å². The van der Waals surface area contributed by atoms with Gasteiger partial charge in [-0.1, -0.05) is 91.5 Å². The first-order valence-corrected chi connectivity index (χ1v) is 15.3. The Kier molecular flexibility index (Phi) is 9.89. The second-order valence-electron chi connectivity index (χ2n) is 10.6. The number of para-hydroxylation sites is 4. The third-order valence-electron chi connectivity index (χ3n) is 7.46. The third-order valence-corrected chi connectivity index (χ3v) is 7.46. The molecule has 48 heavy (non-hydrogen) atoms. The van der Waals surface area contributed by atoms with Gasteiger partial charge in [-0.2, -0.15) is 5.26 Å². The van der Waals surface area contributed by atoms with Crippen LogP contribution < -0.4 is 9.80 Å². The molecule has 0 N–H and O–H groups in total. The van der Waals surface area contributed by atoms with Gasteiger partial charge >= 0.3 is 5.82 Å². The van der Waals surface area contributed by atoms with Crippen molar-refractivity contribution in [3.8, 4) is 6.07 Å². The van der Waals surface area contributed by atoms with Crippen LogP contribution in [0.4, 0.5) is 34.1 Å². The summed E-state index contributed by atoms with van der Waals surface area (Å²) in [4.78, 5) is 16.5. The zero-order valence-corrected chi connectivity index (χ0v) is 26.0. The summed E-state index contributed by atoms with van der Waals surface area (Å²) in [7, 11) is 0. The van der Waals surface area contributed by atoms with Crippen molar-refractivity contribution in [1.82, 2.24) is 0 Å². The van der Waals surface area contributed by atoms with Crippen molar-refractivity contribution in [3.05, 3.63) is 204 Å². The highest BCUT2D eigenvalue weighted by Crippen LogP contribution is 2.35. The largest absolute Gasteiger partial charge is 0.358 e. The molecule has 0 aromatic heterocycles. The van der Waals surface area contributed by atoms with E-state index in [0.29, 0.717) is 0 Å². The van der Waals surface area contributed by atoms with Crippen molar-refractivity contribution in [2.75, 3.05) is 9.80 Å². The first-order valence-electron chi connectivity index (χ1n) is 15.3. The van der Waals surface area contributed by atoms with Gasteiger partial charge in [0.25, 0.3) is 0 Å². The molecule has 6 aromatic carbocycles. The van der Waals surface area contributed by atoms with E-state index in [9.17, 15) is 5.26 Å². The van der Waals surface area contributed by atoms with Crippen LogP contribution in [0.3, 0.4) is 0 Å². The van der Waals surface area contributed by atoms with Crippen molar-refractivity contribution < 1.29 is 0 Å². The molecule has 6 rings (SSSR count). The quantitative estimate of drug-likeness (QED) is 0.0872. The van der Waals surface area contributed by atoms with Crippen molar-refractivity contribution >= 4 is 46.6 Å². The second-order valence-corrected chi connectivity index (χ2v) is 10.6. The highest BCUT2D eigenvalue weighted by Gasteiger charge is 2.13. The van der Waals surface area contributed by atoms with E-state index in [4.69, 9.17) is 6.57 Å². The van der Waals surface area contributed by atoms with Crippen LogP contribution in [0.1, 0.15) is 11.1 Å². The van der Waals surface area contributed by atoms with E-state index in [2.05, 4.69) is 73.2 Å². The predicted molar refractivity (Wildman–Crippen MR) is 197 cm³/mol. The van der Waals surface area contributed by atoms with Gasteiger partial charge in [-0.15, -0.1) is 4.99 Å². The molecular weight excluding hydrogens is 589 g/mol. The molecule has 228 valence electrons. The number of nitrogens with zero attached hydrogens (tertiary/aromatic N) is 6. The molecule has 6 nitrogen and oxygen atoms in total. The molecule has 0 atom stereocenters. The van der Waals surface area contributed by atoms with Crippen LogP contribution in [0.5, 0.6) is 0 Å². The maximum atomic E-state index is 9.83. The minimum absolute atomic E-state index is 0.0588. The maximum absolute atomic E-state index is 9.83. The van der Waals surface area contributed by atoms with Crippen molar-refractivity contribution in [1.29, 1.82) is 5.26 Å². The zero-order chi connectivity index (χ0) is 33.0. The standard InChI is InChI=1S/C42H30N6/c1-44-42(46-32-34-24-28-40(29-25-34)48(37-18-10-4-11-19-37)38-20-12-5-13-21-38)41(30-43)45-31-33-22-26-39(27-23-33)47(35-14-6-2-7-15-35)36-16-8-3-9-17-36/h2-29,31-32H/b42-41-,45-31+,46-32+. The fourth-order valence-corrected chi connectivity index (χ4v) is 5.18. The minimum atomic E-state index is -0.0797. The Hall–Kier alpha value is -7.02. The maximum Gasteiger partial charge on any atom is 0.306 e. The summed E-state index contributed by atoms with van der Waals surface area (Å²) in [6, 6.07) is 58.4. The van der Waals surface area contributed by atoms with Crippen LogP contribution >= 0.6 is 0 Å². The molecule has 6 heteroatoms. The smallest absolute Gasteiger partial charge is 0.306 e. The van der Waals surface area contributed by atoms with E-state index >= 15 is 0 Å². The summed E-state index contributed by atoms with van der Waals surface area (Å²) in [5, 5.41) is 9.83. The first kappa shape index (κ1) is 31.0. The minimum Gasteiger partial charge on any atom is -0.358 e. The fourth-order valence-electron chi connectivity index (χ4n) is 5.18. The van der Waals surface area contributed by atoms with E-state index < -0.39 is 0 Å². The predicted octanol–water partition coefficient (Wildman–Crippen LogP) is 10.8. The van der Waals surface area contributed by atoms with Gasteiger partial charge in [0.05, 0.1) is 0 Å². The first-order chi connectivity index (χ1) is 23.7. The molecule has 6 aromatic rings. The lowest BCUT2D eigenvalue weighted by molar-refractivity contribution is 1.27. The summed E-state index contributed by atoms with van der Waals surface area (Å²) >= 11 is 0. The zero-order valence-electron chi connectivity index (χ0n) is 26.0. The molecule has 0 amide bonds. The van der Waals surface area contributed by atoms with E-state index in [-0.39, 0.29) is 11.5 Å². The molecule has 0 bridgehead atoms. The summed E-state index contributed by atoms with van der Waals surface area (Å²) in [6.07, 6.45) is 3.16. The molecule has 0 saturated heterocycles. The summed E-state index contributed by atoms with van der Waals surface area (Å²) in [5.41, 5.74) is 7.65. The van der Waals surface area contributed by atoms with Crippen molar-refractivity contribution in [2.45, 2.75) is 0 Å². The van der Waals surface area contributed by atoms with Crippen LogP contribution in [-0.2, 0) is 0 Å². The van der Waals surface area contributed by atoms with E-state index in [1.54, 1.807) is 12.4 Å². The Morgan fingerprint density at radius 2 is 0.792 bits per heavy atom. The van der Waals surface area contributed by atoms with E-state index in [0.717, 1.165) is 45.3 Å². The third kappa shape index (κ3) is 7.43. The number of hydrogen-bond acceptors (Lipinski definition) is 5.